The summed E-state index contributed by atoms with van der Waals surface area (Å²) in [6.45, 7) is 3.95. The number of hydrogen-bond acceptors (Lipinski definition) is 4. The van der Waals surface area contributed by atoms with Gasteiger partial charge in [-0.1, -0.05) is 37.6 Å². The fraction of sp³-hybridized carbons (Fsp3) is 0.235. The van der Waals surface area contributed by atoms with Crippen LogP contribution in [-0.4, -0.2) is 20.9 Å². The molecule has 2 N–H and O–H groups in total. The van der Waals surface area contributed by atoms with Crippen LogP contribution in [0.2, 0.25) is 5.02 Å². The van der Waals surface area contributed by atoms with Crippen LogP contribution in [0.25, 0.3) is 0 Å². The van der Waals surface area contributed by atoms with Gasteiger partial charge < -0.3 is 10.1 Å². The van der Waals surface area contributed by atoms with Gasteiger partial charge in [0.25, 0.3) is 15.9 Å². The minimum atomic E-state index is -3.90. The summed E-state index contributed by atoms with van der Waals surface area (Å²) in [4.78, 5) is 11.2. The van der Waals surface area contributed by atoms with Crippen molar-refractivity contribution in [2.45, 2.75) is 24.7 Å². The number of carbonyl (C=O) groups is 1. The summed E-state index contributed by atoms with van der Waals surface area (Å²) < 4.78 is 33.1. The zero-order chi connectivity index (χ0) is 18.2. The van der Waals surface area contributed by atoms with Crippen LogP contribution < -0.4 is 14.8 Å². The third-order valence-corrected chi connectivity index (χ3v) is 5.63. The van der Waals surface area contributed by atoms with Gasteiger partial charge in [-0.2, -0.15) is 0 Å². The Morgan fingerprint density at radius 1 is 1.20 bits per heavy atom. The number of halogens is 1. The number of sulfonamides is 1. The number of fused-ring (bicyclic) bond motifs is 1. The highest BCUT2D eigenvalue weighted by Crippen LogP contribution is 2.36. The molecular weight excluding hydrogens is 364 g/mol. The molecule has 0 unspecified atom stereocenters. The molecule has 3 rings (SSSR count). The van der Waals surface area contributed by atoms with Crippen LogP contribution in [0.1, 0.15) is 25.3 Å². The molecule has 132 valence electrons. The van der Waals surface area contributed by atoms with Crippen LogP contribution in [0.3, 0.4) is 0 Å². The van der Waals surface area contributed by atoms with Gasteiger partial charge in [-0.25, -0.2) is 8.42 Å². The molecular formula is C17H17ClN2O4S. The van der Waals surface area contributed by atoms with Gasteiger partial charge in [-0.15, -0.1) is 0 Å². The smallest absolute Gasteiger partial charge is 0.263 e. The Labute approximate surface area is 151 Å². The Balaban J connectivity index is 1.91. The zero-order valence-corrected chi connectivity index (χ0v) is 15.2. The van der Waals surface area contributed by atoms with Crippen molar-refractivity contribution in [3.05, 3.63) is 47.0 Å². The second kappa shape index (κ2) is 6.57. The van der Waals surface area contributed by atoms with Crippen molar-refractivity contribution < 1.29 is 17.9 Å². The van der Waals surface area contributed by atoms with E-state index < -0.39 is 10.0 Å². The Kier molecular flexibility index (Phi) is 4.62. The fourth-order valence-corrected chi connectivity index (χ4v) is 4.04. The van der Waals surface area contributed by atoms with Crippen LogP contribution >= 0.6 is 11.6 Å². The minimum absolute atomic E-state index is 0.00384. The molecule has 2 aromatic carbocycles. The van der Waals surface area contributed by atoms with Crippen molar-refractivity contribution in [2.75, 3.05) is 16.6 Å². The lowest BCUT2D eigenvalue weighted by Crippen LogP contribution is -2.25. The molecule has 0 spiro atoms. The first kappa shape index (κ1) is 17.6. The van der Waals surface area contributed by atoms with Crippen LogP contribution in [0, 0.1) is 0 Å². The van der Waals surface area contributed by atoms with Crippen LogP contribution in [0.5, 0.6) is 5.75 Å². The van der Waals surface area contributed by atoms with Gasteiger partial charge >= 0.3 is 0 Å². The van der Waals surface area contributed by atoms with E-state index in [4.69, 9.17) is 16.3 Å². The molecule has 25 heavy (non-hydrogen) atoms. The van der Waals surface area contributed by atoms with E-state index in [0.717, 1.165) is 5.56 Å². The maximum absolute atomic E-state index is 12.7. The Hall–Kier alpha value is -2.25. The van der Waals surface area contributed by atoms with Gasteiger partial charge in [0, 0.05) is 11.8 Å². The number of rotatable bonds is 4. The minimum Gasteiger partial charge on any atom is -0.482 e. The van der Waals surface area contributed by atoms with Crippen molar-refractivity contribution in [1.82, 2.24) is 0 Å². The number of amides is 1. The molecule has 8 heteroatoms. The molecule has 0 saturated carbocycles. The summed E-state index contributed by atoms with van der Waals surface area (Å²) in [5, 5.41) is 2.58. The highest BCUT2D eigenvalue weighted by atomic mass is 35.5. The lowest BCUT2D eigenvalue weighted by molar-refractivity contribution is -0.118. The monoisotopic (exact) mass is 380 g/mol. The van der Waals surface area contributed by atoms with Crippen molar-refractivity contribution in [3.8, 4) is 5.75 Å². The molecule has 1 heterocycles. The summed E-state index contributed by atoms with van der Waals surface area (Å²) in [6.07, 6.45) is 0. The second-order valence-electron chi connectivity index (χ2n) is 6.00. The zero-order valence-electron chi connectivity index (χ0n) is 13.7. The number of carbonyl (C=O) groups excluding carboxylic acids is 1. The summed E-state index contributed by atoms with van der Waals surface area (Å²) in [5.41, 5.74) is 1.90. The molecule has 0 saturated heterocycles. The van der Waals surface area contributed by atoms with Crippen molar-refractivity contribution in [1.29, 1.82) is 0 Å². The van der Waals surface area contributed by atoms with Gasteiger partial charge in [-0.05, 0) is 29.7 Å². The van der Waals surface area contributed by atoms with Gasteiger partial charge in [0.05, 0.1) is 10.7 Å². The van der Waals surface area contributed by atoms with Crippen LogP contribution in [0.15, 0.2) is 41.3 Å². The first-order valence-corrected chi connectivity index (χ1v) is 9.51. The van der Waals surface area contributed by atoms with E-state index in [2.05, 4.69) is 23.9 Å². The molecule has 1 aliphatic rings. The lowest BCUT2D eigenvalue weighted by atomic mass is 10.0. The topological polar surface area (TPSA) is 84.5 Å². The van der Waals surface area contributed by atoms with Crippen molar-refractivity contribution >= 4 is 38.9 Å². The molecule has 0 bridgehead atoms. The molecule has 0 atom stereocenters. The maximum atomic E-state index is 12.7. The van der Waals surface area contributed by atoms with Crippen LogP contribution in [0.4, 0.5) is 11.4 Å². The third-order valence-electron chi connectivity index (χ3n) is 3.79. The highest BCUT2D eigenvalue weighted by molar-refractivity contribution is 7.92. The predicted molar refractivity (Wildman–Crippen MR) is 96.9 cm³/mol. The van der Waals surface area contributed by atoms with E-state index in [9.17, 15) is 13.2 Å². The van der Waals surface area contributed by atoms with E-state index in [1.165, 1.54) is 12.1 Å². The molecule has 0 fully saturated rings. The average molecular weight is 381 g/mol. The Bertz CT molecular complexity index is 924. The lowest BCUT2D eigenvalue weighted by Gasteiger charge is -2.19. The number of hydrogen-bond donors (Lipinski definition) is 2. The second-order valence-corrected chi connectivity index (χ2v) is 8.06. The summed E-state index contributed by atoms with van der Waals surface area (Å²) in [7, 11) is -3.90. The van der Waals surface area contributed by atoms with Gasteiger partial charge in [0.15, 0.2) is 6.61 Å². The number of ether oxygens (including phenoxy) is 1. The molecule has 1 aliphatic heterocycles. The van der Waals surface area contributed by atoms with Gasteiger partial charge in [0.1, 0.15) is 10.6 Å². The van der Waals surface area contributed by atoms with E-state index in [0.29, 0.717) is 17.3 Å². The SMILES string of the molecule is CC(C)c1ccc(NS(=O)(=O)c2cc3c(cc2Cl)NC(=O)CO3)cc1. The summed E-state index contributed by atoms with van der Waals surface area (Å²) in [6, 6.07) is 9.82. The van der Waals surface area contributed by atoms with Crippen molar-refractivity contribution in [3.63, 3.8) is 0 Å². The molecule has 2 aromatic rings. The van der Waals surface area contributed by atoms with Gasteiger partial charge in [0.2, 0.25) is 0 Å². The first-order valence-electron chi connectivity index (χ1n) is 7.65. The quantitative estimate of drug-likeness (QED) is 0.848. The molecule has 0 radical (unpaired) electrons. The molecule has 0 aliphatic carbocycles. The fourth-order valence-electron chi connectivity index (χ4n) is 2.43. The first-order chi connectivity index (χ1) is 11.8. The highest BCUT2D eigenvalue weighted by Gasteiger charge is 2.24. The number of nitrogens with one attached hydrogen (secondary N) is 2. The molecule has 1 amide bonds. The molecule has 6 nitrogen and oxygen atoms in total. The standard InChI is InChI=1S/C17H17ClN2O4S/c1-10(2)11-3-5-12(6-4-11)20-25(22,23)16-8-15-14(7-13(16)18)19-17(21)9-24-15/h3-8,10,20H,9H2,1-2H3,(H,19,21). The Morgan fingerprint density at radius 2 is 1.88 bits per heavy atom. The predicted octanol–water partition coefficient (Wildman–Crippen LogP) is 3.60. The third kappa shape index (κ3) is 3.72. The molecule has 0 aromatic heterocycles. The van der Waals surface area contributed by atoms with E-state index >= 15 is 0 Å². The number of benzene rings is 2. The van der Waals surface area contributed by atoms with Gasteiger partial charge in [-0.3, -0.25) is 9.52 Å². The summed E-state index contributed by atoms with van der Waals surface area (Å²) >= 11 is 6.10. The maximum Gasteiger partial charge on any atom is 0.263 e. The van der Waals surface area contributed by atoms with E-state index in [-0.39, 0.29) is 28.2 Å². The average Bonchev–Trinajstić information content (AvgIpc) is 2.54. The van der Waals surface area contributed by atoms with Crippen LogP contribution in [-0.2, 0) is 14.8 Å². The summed E-state index contributed by atoms with van der Waals surface area (Å²) in [5.74, 6) is 0.301. The van der Waals surface area contributed by atoms with E-state index in [1.54, 1.807) is 12.1 Å². The van der Waals surface area contributed by atoms with E-state index in [1.807, 2.05) is 12.1 Å². The largest absolute Gasteiger partial charge is 0.482 e. The van der Waals surface area contributed by atoms with Crippen molar-refractivity contribution in [2.24, 2.45) is 0 Å². The number of anilines is 2. The normalized spacial score (nSPS) is 13.8. The Morgan fingerprint density at radius 3 is 2.52 bits per heavy atom.